The summed E-state index contributed by atoms with van der Waals surface area (Å²) in [5.74, 6) is -0.532. The maximum atomic E-state index is 13.3. The van der Waals surface area contributed by atoms with Crippen LogP contribution in [0.2, 0.25) is 0 Å². The maximum Gasteiger partial charge on any atom is 0.260 e. The number of hydrogen-bond acceptors (Lipinski definition) is 3. The van der Waals surface area contributed by atoms with Crippen LogP contribution in [0.15, 0.2) is 30.0 Å². The molecule has 0 radical (unpaired) electrons. The summed E-state index contributed by atoms with van der Waals surface area (Å²) >= 11 is 5.28. The van der Waals surface area contributed by atoms with E-state index in [0.717, 1.165) is 0 Å². The highest BCUT2D eigenvalue weighted by molar-refractivity contribution is 7.81. The zero-order valence-electron chi connectivity index (χ0n) is 10.4. The lowest BCUT2D eigenvalue weighted by molar-refractivity contribution is -0.114. The summed E-state index contributed by atoms with van der Waals surface area (Å²) < 4.78 is 13.3. The number of nitrogens with zero attached hydrogens (tertiary/aromatic N) is 2. The molecule has 1 heterocycles. The summed E-state index contributed by atoms with van der Waals surface area (Å²) in [5, 5.41) is 0. The monoisotopic (exact) mass is 264 g/mol. The van der Waals surface area contributed by atoms with Gasteiger partial charge in [-0.1, -0.05) is 12.2 Å². The first-order valence-electron chi connectivity index (χ1n) is 5.42. The van der Waals surface area contributed by atoms with Gasteiger partial charge in [-0.25, -0.2) is 4.39 Å². The lowest BCUT2D eigenvalue weighted by atomic mass is 9.97. The molecule has 3 nitrogen and oxygen atoms in total. The van der Waals surface area contributed by atoms with Crippen molar-refractivity contribution in [2.75, 3.05) is 26.0 Å². The predicted molar refractivity (Wildman–Crippen MR) is 73.3 cm³/mol. The third-order valence-corrected chi connectivity index (χ3v) is 3.17. The molecule has 94 valence electrons. The minimum atomic E-state index is -0.358. The predicted octanol–water partition coefficient (Wildman–Crippen LogP) is 1.97. The number of carbonyl (C=O) groups excluding carboxylic acids is 1. The van der Waals surface area contributed by atoms with Crippen molar-refractivity contribution in [3.8, 4) is 0 Å². The molecule has 0 saturated carbocycles. The zero-order valence-corrected chi connectivity index (χ0v) is 11.2. The summed E-state index contributed by atoms with van der Waals surface area (Å²) in [6.07, 6.45) is 1.66. The highest BCUT2D eigenvalue weighted by Crippen LogP contribution is 2.30. The van der Waals surface area contributed by atoms with E-state index in [2.05, 4.69) is 0 Å². The van der Waals surface area contributed by atoms with Gasteiger partial charge in [0.05, 0.1) is 16.1 Å². The maximum absolute atomic E-state index is 13.3. The Morgan fingerprint density at radius 1 is 1.39 bits per heavy atom. The van der Waals surface area contributed by atoms with Gasteiger partial charge in [-0.2, -0.15) is 0 Å². The smallest absolute Gasteiger partial charge is 0.260 e. The van der Waals surface area contributed by atoms with Gasteiger partial charge >= 0.3 is 0 Å². The van der Waals surface area contributed by atoms with Gasteiger partial charge in [-0.15, -0.1) is 0 Å². The summed E-state index contributed by atoms with van der Waals surface area (Å²) in [6, 6.07) is 4.26. The third-order valence-electron chi connectivity index (χ3n) is 2.73. The van der Waals surface area contributed by atoms with E-state index in [1.807, 2.05) is 14.1 Å². The first kappa shape index (κ1) is 12.7. The minimum absolute atomic E-state index is 0.173. The molecule has 1 amide bonds. The molecule has 0 fully saturated rings. The van der Waals surface area contributed by atoms with Crippen LogP contribution in [0.3, 0.4) is 0 Å². The molecular formula is C13H13FN2OS. The molecule has 0 aromatic heterocycles. The SMILES string of the molecule is CN(C)C=C1C(=O)N(C)c2ccc(F)cc2C1=S. The Morgan fingerprint density at radius 2 is 2.06 bits per heavy atom. The fourth-order valence-corrected chi connectivity index (χ4v) is 2.19. The Balaban J connectivity index is 2.62. The van der Waals surface area contributed by atoms with E-state index in [1.54, 1.807) is 24.2 Å². The van der Waals surface area contributed by atoms with Crippen LogP contribution in [0.25, 0.3) is 0 Å². The number of thiocarbonyl (C=S) groups is 1. The molecule has 0 spiro atoms. The average Bonchev–Trinajstić information content (AvgIpc) is 2.31. The van der Waals surface area contributed by atoms with Crippen molar-refractivity contribution in [1.29, 1.82) is 0 Å². The van der Waals surface area contributed by atoms with Crippen LogP contribution in [0.5, 0.6) is 0 Å². The molecule has 1 aromatic carbocycles. The number of halogens is 1. The van der Waals surface area contributed by atoms with Crippen molar-refractivity contribution >= 4 is 28.7 Å². The van der Waals surface area contributed by atoms with Gasteiger partial charge in [0.2, 0.25) is 0 Å². The van der Waals surface area contributed by atoms with Crippen molar-refractivity contribution in [3.63, 3.8) is 0 Å². The molecule has 0 saturated heterocycles. The minimum Gasteiger partial charge on any atom is -0.383 e. The number of likely N-dealkylation sites (N-methyl/N-ethyl adjacent to an activating group) is 1. The quantitative estimate of drug-likeness (QED) is 0.572. The van der Waals surface area contributed by atoms with Crippen LogP contribution in [0.4, 0.5) is 10.1 Å². The molecule has 1 aromatic rings. The molecule has 18 heavy (non-hydrogen) atoms. The van der Waals surface area contributed by atoms with Gasteiger partial charge in [0.15, 0.2) is 0 Å². The standard InChI is InChI=1S/C13H13FN2OS/c1-15(2)7-10-12(18)9-6-8(14)4-5-11(9)16(3)13(10)17/h4-7H,1-3H3. The molecule has 5 heteroatoms. The van der Waals surface area contributed by atoms with Gasteiger partial charge in [-0.3, -0.25) is 4.79 Å². The fourth-order valence-electron chi connectivity index (χ4n) is 1.89. The fraction of sp³-hybridized carbons (Fsp3) is 0.231. The van der Waals surface area contributed by atoms with Gasteiger partial charge in [-0.05, 0) is 18.2 Å². The van der Waals surface area contributed by atoms with Gasteiger partial charge in [0, 0.05) is 32.9 Å². The molecule has 0 atom stereocenters. The lowest BCUT2D eigenvalue weighted by Gasteiger charge is -2.28. The second-order valence-electron chi connectivity index (χ2n) is 4.36. The second-order valence-corrected chi connectivity index (χ2v) is 4.77. The van der Waals surface area contributed by atoms with E-state index in [1.165, 1.54) is 17.0 Å². The Labute approximate surface area is 110 Å². The van der Waals surface area contributed by atoms with Crippen LogP contribution in [-0.2, 0) is 4.79 Å². The topological polar surface area (TPSA) is 23.6 Å². The van der Waals surface area contributed by atoms with Crippen molar-refractivity contribution in [1.82, 2.24) is 4.90 Å². The van der Waals surface area contributed by atoms with Crippen molar-refractivity contribution in [3.05, 3.63) is 41.4 Å². The molecule has 0 aliphatic carbocycles. The van der Waals surface area contributed by atoms with Crippen LogP contribution >= 0.6 is 12.2 Å². The molecule has 1 aliphatic heterocycles. The Hall–Kier alpha value is -1.75. The Kier molecular flexibility index (Phi) is 3.17. The number of carbonyl (C=O) groups is 1. The van der Waals surface area contributed by atoms with Crippen LogP contribution in [-0.4, -0.2) is 36.8 Å². The molecule has 0 bridgehead atoms. The van der Waals surface area contributed by atoms with E-state index in [-0.39, 0.29) is 11.7 Å². The average molecular weight is 264 g/mol. The normalized spacial score (nSPS) is 17.1. The third kappa shape index (κ3) is 2.01. The van der Waals surface area contributed by atoms with Crippen LogP contribution < -0.4 is 4.90 Å². The van der Waals surface area contributed by atoms with Gasteiger partial charge in [0.25, 0.3) is 5.91 Å². The highest BCUT2D eigenvalue weighted by Gasteiger charge is 2.30. The largest absolute Gasteiger partial charge is 0.383 e. The molecule has 2 rings (SSSR count). The Morgan fingerprint density at radius 3 is 2.67 bits per heavy atom. The highest BCUT2D eigenvalue weighted by atomic mass is 32.1. The number of anilines is 1. The molecule has 0 unspecified atom stereocenters. The number of benzene rings is 1. The van der Waals surface area contributed by atoms with E-state index in [0.29, 0.717) is 21.7 Å². The van der Waals surface area contributed by atoms with Crippen LogP contribution in [0.1, 0.15) is 5.56 Å². The van der Waals surface area contributed by atoms with E-state index in [9.17, 15) is 9.18 Å². The number of rotatable bonds is 1. The first-order valence-corrected chi connectivity index (χ1v) is 5.83. The van der Waals surface area contributed by atoms with E-state index >= 15 is 0 Å². The van der Waals surface area contributed by atoms with E-state index < -0.39 is 0 Å². The Bertz CT molecular complexity index is 566. The zero-order chi connectivity index (χ0) is 13.4. The van der Waals surface area contributed by atoms with Crippen molar-refractivity contribution in [2.45, 2.75) is 0 Å². The van der Waals surface area contributed by atoms with Crippen LogP contribution in [0, 0.1) is 5.82 Å². The molecular weight excluding hydrogens is 251 g/mol. The summed E-state index contributed by atoms with van der Waals surface area (Å²) in [6.45, 7) is 0. The summed E-state index contributed by atoms with van der Waals surface area (Å²) in [4.78, 5) is 15.8. The van der Waals surface area contributed by atoms with Crippen molar-refractivity contribution < 1.29 is 9.18 Å². The number of fused-ring (bicyclic) bond motifs is 1. The van der Waals surface area contributed by atoms with Gasteiger partial charge in [0.1, 0.15) is 5.82 Å². The summed E-state index contributed by atoms with van der Waals surface area (Å²) in [5.41, 5.74) is 1.64. The first-order chi connectivity index (χ1) is 8.41. The molecule has 1 aliphatic rings. The second kappa shape index (κ2) is 4.49. The summed E-state index contributed by atoms with van der Waals surface area (Å²) in [7, 11) is 5.28. The van der Waals surface area contributed by atoms with Crippen molar-refractivity contribution in [2.24, 2.45) is 0 Å². The van der Waals surface area contributed by atoms with E-state index in [4.69, 9.17) is 12.2 Å². The lowest BCUT2D eigenvalue weighted by Crippen LogP contribution is -2.37. The number of amides is 1. The van der Waals surface area contributed by atoms with Gasteiger partial charge < -0.3 is 9.80 Å². The number of hydrogen-bond donors (Lipinski definition) is 0. The molecule has 0 N–H and O–H groups in total.